The number of ether oxygens (including phenoxy) is 1. The Kier molecular flexibility index (Phi) is 5.55. The Hall–Kier alpha value is -2.25. The first-order valence-corrected chi connectivity index (χ1v) is 8.13. The molecule has 7 heteroatoms. The summed E-state index contributed by atoms with van der Waals surface area (Å²) in [5, 5.41) is 6.86. The first-order valence-electron chi connectivity index (χ1n) is 8.13. The zero-order valence-corrected chi connectivity index (χ0v) is 13.8. The maximum Gasteiger partial charge on any atom is 0.226 e. The molecule has 1 aliphatic rings. The van der Waals surface area contributed by atoms with Gasteiger partial charge in [0.15, 0.2) is 0 Å². The van der Waals surface area contributed by atoms with E-state index < -0.39 is 0 Å². The highest BCUT2D eigenvalue weighted by Gasteiger charge is 2.23. The van der Waals surface area contributed by atoms with Gasteiger partial charge in [0, 0.05) is 38.1 Å². The van der Waals surface area contributed by atoms with Crippen LogP contribution in [0.4, 0.5) is 0 Å². The number of amides is 1. The van der Waals surface area contributed by atoms with Gasteiger partial charge in [0.05, 0.1) is 31.4 Å². The molecule has 0 spiro atoms. The third kappa shape index (κ3) is 4.39. The van der Waals surface area contributed by atoms with Crippen molar-refractivity contribution in [2.24, 2.45) is 0 Å². The Bertz CT molecular complexity index is 653. The van der Waals surface area contributed by atoms with E-state index in [4.69, 9.17) is 9.26 Å². The number of nitrogens with zero attached hydrogens (tertiary/aromatic N) is 3. The van der Waals surface area contributed by atoms with Gasteiger partial charge < -0.3 is 14.6 Å². The van der Waals surface area contributed by atoms with Gasteiger partial charge >= 0.3 is 0 Å². The highest BCUT2D eigenvalue weighted by Crippen LogP contribution is 2.20. The molecule has 1 aliphatic heterocycles. The summed E-state index contributed by atoms with van der Waals surface area (Å²) in [6.07, 6.45) is 3.83. The number of carbonyl (C=O) groups excluding carboxylic acids is 1. The monoisotopic (exact) mass is 330 g/mol. The second kappa shape index (κ2) is 8.03. The van der Waals surface area contributed by atoms with Gasteiger partial charge in [0.1, 0.15) is 5.76 Å². The molecule has 2 aromatic rings. The SMILES string of the molecule is Cc1cc(CC(=O)NCC(c2cccnc2)N2CCOCC2)no1. The molecule has 1 fully saturated rings. The molecule has 2 aromatic heterocycles. The summed E-state index contributed by atoms with van der Waals surface area (Å²) >= 11 is 0. The zero-order chi connectivity index (χ0) is 16.8. The van der Waals surface area contributed by atoms with E-state index in [-0.39, 0.29) is 18.4 Å². The predicted molar refractivity (Wildman–Crippen MR) is 87.3 cm³/mol. The molecule has 0 radical (unpaired) electrons. The van der Waals surface area contributed by atoms with Crippen LogP contribution in [0.25, 0.3) is 0 Å². The minimum Gasteiger partial charge on any atom is -0.379 e. The molecule has 0 aliphatic carbocycles. The van der Waals surface area contributed by atoms with E-state index in [2.05, 4.69) is 20.4 Å². The zero-order valence-electron chi connectivity index (χ0n) is 13.8. The molecule has 1 saturated heterocycles. The van der Waals surface area contributed by atoms with Gasteiger partial charge in [-0.1, -0.05) is 11.2 Å². The molecule has 128 valence electrons. The molecule has 7 nitrogen and oxygen atoms in total. The summed E-state index contributed by atoms with van der Waals surface area (Å²) in [6.45, 7) is 5.45. The van der Waals surface area contributed by atoms with Crippen LogP contribution in [0.5, 0.6) is 0 Å². The average molecular weight is 330 g/mol. The van der Waals surface area contributed by atoms with Crippen molar-refractivity contribution in [3.63, 3.8) is 0 Å². The molecular formula is C17H22N4O3. The number of rotatable bonds is 6. The minimum atomic E-state index is -0.0644. The molecule has 1 N–H and O–H groups in total. The number of pyridine rings is 1. The van der Waals surface area contributed by atoms with Crippen LogP contribution in [0.2, 0.25) is 0 Å². The third-order valence-corrected chi connectivity index (χ3v) is 4.07. The van der Waals surface area contributed by atoms with E-state index >= 15 is 0 Å². The lowest BCUT2D eigenvalue weighted by Gasteiger charge is -2.34. The van der Waals surface area contributed by atoms with Gasteiger partial charge in [-0.3, -0.25) is 14.7 Å². The largest absolute Gasteiger partial charge is 0.379 e. The second-order valence-electron chi connectivity index (χ2n) is 5.86. The van der Waals surface area contributed by atoms with Crippen LogP contribution < -0.4 is 5.32 Å². The Morgan fingerprint density at radius 2 is 2.25 bits per heavy atom. The van der Waals surface area contributed by atoms with Crippen LogP contribution in [0.1, 0.15) is 23.1 Å². The highest BCUT2D eigenvalue weighted by molar-refractivity contribution is 5.78. The van der Waals surface area contributed by atoms with E-state index in [0.717, 1.165) is 18.7 Å². The van der Waals surface area contributed by atoms with E-state index in [0.29, 0.717) is 31.2 Å². The van der Waals surface area contributed by atoms with Crippen molar-refractivity contribution in [2.75, 3.05) is 32.8 Å². The number of hydrogen-bond acceptors (Lipinski definition) is 6. The fraction of sp³-hybridized carbons (Fsp3) is 0.471. The molecular weight excluding hydrogens is 308 g/mol. The second-order valence-corrected chi connectivity index (χ2v) is 5.86. The van der Waals surface area contributed by atoms with Crippen LogP contribution in [-0.4, -0.2) is 53.8 Å². The smallest absolute Gasteiger partial charge is 0.226 e. The van der Waals surface area contributed by atoms with Crippen LogP contribution >= 0.6 is 0 Å². The van der Waals surface area contributed by atoms with E-state index in [1.807, 2.05) is 25.3 Å². The minimum absolute atomic E-state index is 0.0644. The maximum atomic E-state index is 12.2. The molecule has 1 atom stereocenters. The van der Waals surface area contributed by atoms with Crippen molar-refractivity contribution in [1.29, 1.82) is 0 Å². The molecule has 1 unspecified atom stereocenters. The summed E-state index contributed by atoms with van der Waals surface area (Å²) in [5.41, 5.74) is 1.74. The molecule has 3 heterocycles. The standard InChI is InChI=1S/C17H22N4O3/c1-13-9-15(20-24-13)10-17(22)19-12-16(14-3-2-4-18-11-14)21-5-7-23-8-6-21/h2-4,9,11,16H,5-8,10,12H2,1H3,(H,19,22). The lowest BCUT2D eigenvalue weighted by molar-refractivity contribution is -0.120. The average Bonchev–Trinajstić information content (AvgIpc) is 3.02. The number of carbonyl (C=O) groups is 1. The van der Waals surface area contributed by atoms with Gasteiger partial charge in [-0.05, 0) is 18.6 Å². The van der Waals surface area contributed by atoms with E-state index in [1.165, 1.54) is 0 Å². The van der Waals surface area contributed by atoms with Crippen LogP contribution in [0.3, 0.4) is 0 Å². The quantitative estimate of drug-likeness (QED) is 0.855. The summed E-state index contributed by atoms with van der Waals surface area (Å²) in [6, 6.07) is 5.83. The van der Waals surface area contributed by atoms with Crippen LogP contribution in [0, 0.1) is 6.92 Å². The van der Waals surface area contributed by atoms with E-state index in [1.54, 1.807) is 12.3 Å². The van der Waals surface area contributed by atoms with Crippen molar-refractivity contribution >= 4 is 5.91 Å². The van der Waals surface area contributed by atoms with Gasteiger partial charge in [0.25, 0.3) is 0 Å². The molecule has 0 bridgehead atoms. The Morgan fingerprint density at radius 1 is 1.42 bits per heavy atom. The van der Waals surface area contributed by atoms with Gasteiger partial charge in [-0.15, -0.1) is 0 Å². The fourth-order valence-electron chi connectivity index (χ4n) is 2.86. The normalized spacial score (nSPS) is 16.7. The summed E-state index contributed by atoms with van der Waals surface area (Å²) < 4.78 is 10.4. The first kappa shape index (κ1) is 16.6. The molecule has 3 rings (SSSR count). The van der Waals surface area contributed by atoms with Crippen molar-refractivity contribution in [1.82, 2.24) is 20.4 Å². The topological polar surface area (TPSA) is 80.5 Å². The maximum absolute atomic E-state index is 12.2. The Balaban J connectivity index is 1.62. The summed E-state index contributed by atoms with van der Waals surface area (Å²) in [5.74, 6) is 0.643. The Labute approximate surface area is 141 Å². The van der Waals surface area contributed by atoms with Gasteiger partial charge in [0.2, 0.25) is 5.91 Å². The number of aromatic nitrogens is 2. The van der Waals surface area contributed by atoms with Gasteiger partial charge in [-0.25, -0.2) is 0 Å². The number of hydrogen-bond donors (Lipinski definition) is 1. The summed E-state index contributed by atoms with van der Waals surface area (Å²) in [7, 11) is 0. The lowest BCUT2D eigenvalue weighted by atomic mass is 10.1. The molecule has 0 aromatic carbocycles. The van der Waals surface area contributed by atoms with E-state index in [9.17, 15) is 4.79 Å². The van der Waals surface area contributed by atoms with Crippen LogP contribution in [-0.2, 0) is 16.0 Å². The molecule has 1 amide bonds. The number of morpholine rings is 1. The van der Waals surface area contributed by atoms with Crippen molar-refractivity contribution in [3.05, 3.63) is 47.6 Å². The first-order chi connectivity index (χ1) is 11.7. The molecule has 24 heavy (non-hydrogen) atoms. The third-order valence-electron chi connectivity index (χ3n) is 4.07. The van der Waals surface area contributed by atoms with Crippen LogP contribution in [0.15, 0.2) is 35.1 Å². The predicted octanol–water partition coefficient (Wildman–Crippen LogP) is 1.11. The fourth-order valence-corrected chi connectivity index (χ4v) is 2.86. The number of aryl methyl sites for hydroxylation is 1. The van der Waals surface area contributed by atoms with Crippen molar-refractivity contribution in [3.8, 4) is 0 Å². The van der Waals surface area contributed by atoms with Crippen molar-refractivity contribution in [2.45, 2.75) is 19.4 Å². The van der Waals surface area contributed by atoms with Gasteiger partial charge in [-0.2, -0.15) is 0 Å². The lowest BCUT2D eigenvalue weighted by Crippen LogP contribution is -2.44. The number of nitrogens with one attached hydrogen (secondary N) is 1. The van der Waals surface area contributed by atoms with Crippen molar-refractivity contribution < 1.29 is 14.1 Å². The Morgan fingerprint density at radius 3 is 2.92 bits per heavy atom. The highest BCUT2D eigenvalue weighted by atomic mass is 16.5. The molecule has 0 saturated carbocycles. The summed E-state index contributed by atoms with van der Waals surface area (Å²) in [4.78, 5) is 18.7.